The third kappa shape index (κ3) is 6.03. The van der Waals surface area contributed by atoms with Crippen LogP contribution in [0.1, 0.15) is 49.1 Å². The van der Waals surface area contributed by atoms with Crippen LogP contribution < -0.4 is 19.7 Å². The topological polar surface area (TPSA) is 67.9 Å². The lowest BCUT2D eigenvalue weighted by atomic mass is 10.0. The molecule has 0 radical (unpaired) electrons. The Kier molecular flexibility index (Phi) is 8.42. The van der Waals surface area contributed by atoms with Gasteiger partial charge in [-0.05, 0) is 61.0 Å². The summed E-state index contributed by atoms with van der Waals surface area (Å²) in [7, 11) is 1.59. The van der Waals surface area contributed by atoms with Gasteiger partial charge in [0, 0.05) is 10.9 Å². The molecule has 1 N–H and O–H groups in total. The van der Waals surface area contributed by atoms with Crippen molar-refractivity contribution in [3.8, 4) is 11.5 Å². The van der Waals surface area contributed by atoms with E-state index in [9.17, 15) is 9.59 Å². The molecule has 0 saturated heterocycles. The van der Waals surface area contributed by atoms with Gasteiger partial charge in [-0.25, -0.2) is 0 Å². The molecule has 1 aliphatic rings. The largest absolute Gasteiger partial charge is 0.497 e. The molecule has 2 aromatic carbocycles. The first kappa shape index (κ1) is 24.8. The van der Waals surface area contributed by atoms with Gasteiger partial charge in [-0.3, -0.25) is 14.5 Å². The maximum atomic E-state index is 13.9. The number of para-hydroxylation sites is 2. The number of nitrogens with zero attached hydrogens (tertiary/aromatic N) is 1. The SMILES string of the molecule is CCOc1ccccc1N(C(=O)Cc1cccs1)[C@@H](C(=O)NC1CCCC1)c1cccc(OC)c1. The highest BCUT2D eigenvalue weighted by Crippen LogP contribution is 2.37. The molecule has 1 heterocycles. The fourth-order valence-electron chi connectivity index (χ4n) is 4.58. The van der Waals surface area contributed by atoms with Crippen LogP contribution in [0.3, 0.4) is 0 Å². The maximum Gasteiger partial charge on any atom is 0.248 e. The summed E-state index contributed by atoms with van der Waals surface area (Å²) >= 11 is 1.53. The van der Waals surface area contributed by atoms with Crippen LogP contribution in [0.4, 0.5) is 5.69 Å². The molecule has 0 bridgehead atoms. The Hall–Kier alpha value is -3.32. The number of thiophene rings is 1. The Morgan fingerprint density at radius 2 is 1.89 bits per heavy atom. The molecular weight excluding hydrogens is 460 g/mol. The van der Waals surface area contributed by atoms with Gasteiger partial charge in [-0.2, -0.15) is 0 Å². The Morgan fingerprint density at radius 1 is 1.09 bits per heavy atom. The van der Waals surface area contributed by atoms with Crippen LogP contribution in [0.2, 0.25) is 0 Å². The van der Waals surface area contributed by atoms with E-state index in [1.807, 2.05) is 73.0 Å². The molecule has 7 heteroatoms. The van der Waals surface area contributed by atoms with E-state index in [0.29, 0.717) is 29.4 Å². The van der Waals surface area contributed by atoms with E-state index in [2.05, 4.69) is 5.32 Å². The quantitative estimate of drug-likeness (QED) is 0.404. The smallest absolute Gasteiger partial charge is 0.248 e. The average molecular weight is 493 g/mol. The first-order chi connectivity index (χ1) is 17.1. The van der Waals surface area contributed by atoms with Gasteiger partial charge in [-0.1, -0.05) is 43.2 Å². The van der Waals surface area contributed by atoms with Crippen molar-refractivity contribution in [1.29, 1.82) is 0 Å². The average Bonchev–Trinajstić information content (AvgIpc) is 3.57. The van der Waals surface area contributed by atoms with E-state index in [-0.39, 0.29) is 24.3 Å². The van der Waals surface area contributed by atoms with Gasteiger partial charge in [-0.15, -0.1) is 11.3 Å². The van der Waals surface area contributed by atoms with Crippen molar-refractivity contribution in [2.24, 2.45) is 0 Å². The third-order valence-corrected chi connectivity index (χ3v) is 7.09. The van der Waals surface area contributed by atoms with E-state index < -0.39 is 6.04 Å². The molecule has 3 aromatic rings. The summed E-state index contributed by atoms with van der Waals surface area (Å²) in [5.74, 6) is 0.825. The molecule has 6 nitrogen and oxygen atoms in total. The lowest BCUT2D eigenvalue weighted by Gasteiger charge is -2.33. The highest BCUT2D eigenvalue weighted by molar-refractivity contribution is 7.10. The second-order valence-electron chi connectivity index (χ2n) is 8.59. The number of anilines is 1. The van der Waals surface area contributed by atoms with Crippen LogP contribution in [-0.4, -0.2) is 31.6 Å². The van der Waals surface area contributed by atoms with E-state index in [1.165, 1.54) is 11.3 Å². The minimum Gasteiger partial charge on any atom is -0.497 e. The first-order valence-electron chi connectivity index (χ1n) is 12.1. The van der Waals surface area contributed by atoms with E-state index in [0.717, 1.165) is 30.6 Å². The summed E-state index contributed by atoms with van der Waals surface area (Å²) in [6, 6.07) is 17.9. The van der Waals surface area contributed by atoms with Gasteiger partial charge >= 0.3 is 0 Å². The van der Waals surface area contributed by atoms with Crippen molar-refractivity contribution in [3.05, 3.63) is 76.5 Å². The number of rotatable bonds is 10. The number of methoxy groups -OCH3 is 1. The highest BCUT2D eigenvalue weighted by atomic mass is 32.1. The number of ether oxygens (including phenoxy) is 2. The van der Waals surface area contributed by atoms with Crippen LogP contribution in [0.5, 0.6) is 11.5 Å². The monoisotopic (exact) mass is 492 g/mol. The Balaban J connectivity index is 1.82. The molecule has 0 spiro atoms. The van der Waals surface area contributed by atoms with Crippen LogP contribution in [-0.2, 0) is 16.0 Å². The van der Waals surface area contributed by atoms with E-state index in [4.69, 9.17) is 9.47 Å². The molecule has 1 fully saturated rings. The van der Waals surface area contributed by atoms with Gasteiger partial charge in [0.1, 0.15) is 17.5 Å². The number of hydrogen-bond donors (Lipinski definition) is 1. The first-order valence-corrected chi connectivity index (χ1v) is 13.0. The zero-order chi connectivity index (χ0) is 24.6. The van der Waals surface area contributed by atoms with Crippen molar-refractivity contribution >= 4 is 28.8 Å². The van der Waals surface area contributed by atoms with Crippen molar-refractivity contribution in [3.63, 3.8) is 0 Å². The summed E-state index contributed by atoms with van der Waals surface area (Å²) in [5.41, 5.74) is 1.26. The molecule has 184 valence electrons. The number of carbonyl (C=O) groups excluding carboxylic acids is 2. The predicted octanol–water partition coefficient (Wildman–Crippen LogP) is 5.53. The second-order valence-corrected chi connectivity index (χ2v) is 9.62. The van der Waals surface area contributed by atoms with E-state index >= 15 is 0 Å². The standard InChI is InChI=1S/C28H32N2O4S/c1-3-34-25-16-7-6-15-24(25)30(26(31)19-23-14-9-17-35-23)27(20-10-8-13-22(18-20)33-2)28(32)29-21-11-4-5-12-21/h6-10,13-18,21,27H,3-5,11-12,19H2,1-2H3,(H,29,32)/t27-/m1/s1. The minimum atomic E-state index is -0.875. The normalized spacial score (nSPS) is 14.3. The molecule has 4 rings (SSSR count). The van der Waals surface area contributed by atoms with E-state index in [1.54, 1.807) is 12.0 Å². The maximum absolute atomic E-state index is 13.9. The molecule has 1 aromatic heterocycles. The third-order valence-electron chi connectivity index (χ3n) is 6.22. The summed E-state index contributed by atoms with van der Waals surface area (Å²) in [6.45, 7) is 2.35. The number of amides is 2. The van der Waals surface area contributed by atoms with Crippen LogP contribution in [0, 0.1) is 0 Å². The molecule has 1 saturated carbocycles. The molecule has 0 aliphatic heterocycles. The number of benzene rings is 2. The Bertz CT molecular complexity index is 1130. The summed E-state index contributed by atoms with van der Waals surface area (Å²) in [5, 5.41) is 5.17. The minimum absolute atomic E-state index is 0.118. The predicted molar refractivity (Wildman–Crippen MR) is 139 cm³/mol. The fourth-order valence-corrected chi connectivity index (χ4v) is 5.27. The van der Waals surface area contributed by atoms with Crippen molar-refractivity contribution in [2.75, 3.05) is 18.6 Å². The number of hydrogen-bond acceptors (Lipinski definition) is 5. The van der Waals surface area contributed by atoms with Gasteiger partial charge in [0.2, 0.25) is 11.8 Å². The molecule has 1 aliphatic carbocycles. The molecule has 1 atom stereocenters. The van der Waals surface area contributed by atoms with Crippen molar-refractivity contribution in [1.82, 2.24) is 5.32 Å². The van der Waals surface area contributed by atoms with Crippen LogP contribution in [0.25, 0.3) is 0 Å². The van der Waals surface area contributed by atoms with Crippen molar-refractivity contribution in [2.45, 2.75) is 51.1 Å². The molecule has 0 unspecified atom stereocenters. The fraction of sp³-hybridized carbons (Fsp3) is 0.357. The summed E-state index contributed by atoms with van der Waals surface area (Å²) in [4.78, 5) is 30.4. The zero-order valence-corrected chi connectivity index (χ0v) is 21.1. The summed E-state index contributed by atoms with van der Waals surface area (Å²) in [6.07, 6.45) is 4.30. The molecular formula is C28H32N2O4S. The van der Waals surface area contributed by atoms with Gasteiger partial charge in [0.15, 0.2) is 0 Å². The van der Waals surface area contributed by atoms with Gasteiger partial charge in [0.25, 0.3) is 0 Å². The second kappa shape index (κ2) is 11.9. The molecule has 2 amide bonds. The lowest BCUT2D eigenvalue weighted by Crippen LogP contribution is -2.47. The highest BCUT2D eigenvalue weighted by Gasteiger charge is 2.36. The Morgan fingerprint density at radius 3 is 2.60 bits per heavy atom. The van der Waals surface area contributed by atoms with Gasteiger partial charge < -0.3 is 14.8 Å². The summed E-state index contributed by atoms with van der Waals surface area (Å²) < 4.78 is 11.4. The lowest BCUT2D eigenvalue weighted by molar-refractivity contribution is -0.127. The zero-order valence-electron chi connectivity index (χ0n) is 20.2. The van der Waals surface area contributed by atoms with Gasteiger partial charge in [0.05, 0.1) is 25.8 Å². The molecule has 35 heavy (non-hydrogen) atoms. The number of carbonyl (C=O) groups is 2. The van der Waals surface area contributed by atoms with Crippen LogP contribution in [0.15, 0.2) is 66.0 Å². The Labute approximate surface area is 210 Å². The van der Waals surface area contributed by atoms with Crippen molar-refractivity contribution < 1.29 is 19.1 Å². The number of nitrogens with one attached hydrogen (secondary N) is 1. The van der Waals surface area contributed by atoms with Crippen LogP contribution >= 0.6 is 11.3 Å².